The van der Waals surface area contributed by atoms with Gasteiger partial charge in [-0.25, -0.2) is 14.7 Å². The molecule has 0 aliphatic rings. The third kappa shape index (κ3) is 6.07. The van der Waals surface area contributed by atoms with Crippen molar-refractivity contribution >= 4 is 11.9 Å². The summed E-state index contributed by atoms with van der Waals surface area (Å²) in [6, 6.07) is 4.43. The quantitative estimate of drug-likeness (QED) is 0.385. The average molecular weight is 383 g/mol. The molecule has 0 aliphatic heterocycles. The Kier molecular flexibility index (Phi) is 7.37. The molecule has 0 radical (unpaired) electrons. The number of nitrogens with one attached hydrogen (secondary N) is 2. The SMILES string of the molecule is O=C(O)c1ccncc1.O=C(O)c1cnccc1-c1nnn[nH]1.c1nnc[nH]1. The molecular formula is C15H13N9O4. The molecule has 4 aromatic heterocycles. The van der Waals surface area contributed by atoms with Crippen LogP contribution in [0.25, 0.3) is 11.4 Å². The lowest BCUT2D eigenvalue weighted by atomic mass is 10.1. The summed E-state index contributed by atoms with van der Waals surface area (Å²) in [4.78, 5) is 31.0. The van der Waals surface area contributed by atoms with Gasteiger partial charge in [-0.2, -0.15) is 0 Å². The van der Waals surface area contributed by atoms with E-state index in [9.17, 15) is 9.59 Å². The molecule has 0 fully saturated rings. The number of H-pyrrole nitrogens is 2. The number of aromatic nitrogens is 9. The highest BCUT2D eigenvalue weighted by Gasteiger charge is 2.13. The van der Waals surface area contributed by atoms with Crippen molar-refractivity contribution < 1.29 is 19.8 Å². The third-order valence-electron chi connectivity index (χ3n) is 2.91. The van der Waals surface area contributed by atoms with Gasteiger partial charge in [0.15, 0.2) is 5.82 Å². The first-order valence-electron chi connectivity index (χ1n) is 7.43. The van der Waals surface area contributed by atoms with Gasteiger partial charge in [0.05, 0.1) is 11.1 Å². The number of hydrogen-bond acceptors (Lipinski definition) is 9. The van der Waals surface area contributed by atoms with E-state index in [0.717, 1.165) is 0 Å². The molecule has 142 valence electrons. The van der Waals surface area contributed by atoms with Crippen molar-refractivity contribution in [3.05, 3.63) is 66.8 Å². The van der Waals surface area contributed by atoms with Crippen LogP contribution in [0.4, 0.5) is 0 Å². The van der Waals surface area contributed by atoms with Gasteiger partial charge in [0.2, 0.25) is 0 Å². The molecule has 0 atom stereocenters. The molecule has 28 heavy (non-hydrogen) atoms. The Balaban J connectivity index is 0.000000170. The van der Waals surface area contributed by atoms with Crippen molar-refractivity contribution in [3.63, 3.8) is 0 Å². The molecule has 0 saturated carbocycles. The van der Waals surface area contributed by atoms with E-state index < -0.39 is 11.9 Å². The van der Waals surface area contributed by atoms with Crippen LogP contribution < -0.4 is 0 Å². The topological polar surface area (TPSA) is 196 Å². The van der Waals surface area contributed by atoms with Gasteiger partial charge < -0.3 is 15.2 Å². The van der Waals surface area contributed by atoms with Crippen LogP contribution in [0.3, 0.4) is 0 Å². The van der Waals surface area contributed by atoms with Crippen molar-refractivity contribution in [2.75, 3.05) is 0 Å². The molecule has 0 aliphatic carbocycles. The average Bonchev–Trinajstić information content (AvgIpc) is 3.45. The van der Waals surface area contributed by atoms with Gasteiger partial charge in [0.1, 0.15) is 12.7 Å². The Morgan fingerprint density at radius 1 is 0.893 bits per heavy atom. The van der Waals surface area contributed by atoms with Crippen LogP contribution in [-0.4, -0.2) is 67.9 Å². The number of hydrogen-bond donors (Lipinski definition) is 4. The summed E-state index contributed by atoms with van der Waals surface area (Å²) < 4.78 is 0. The van der Waals surface area contributed by atoms with E-state index in [1.165, 1.54) is 55.6 Å². The fourth-order valence-corrected chi connectivity index (χ4v) is 1.71. The molecule has 0 spiro atoms. The van der Waals surface area contributed by atoms with Crippen molar-refractivity contribution in [1.82, 2.24) is 45.8 Å². The Morgan fingerprint density at radius 3 is 2.04 bits per heavy atom. The molecule has 0 bridgehead atoms. The van der Waals surface area contributed by atoms with Gasteiger partial charge >= 0.3 is 11.9 Å². The summed E-state index contributed by atoms with van der Waals surface area (Å²) in [5, 5.41) is 36.9. The Labute approximate surface area is 156 Å². The summed E-state index contributed by atoms with van der Waals surface area (Å²) >= 11 is 0. The van der Waals surface area contributed by atoms with E-state index in [1.54, 1.807) is 0 Å². The monoisotopic (exact) mass is 383 g/mol. The van der Waals surface area contributed by atoms with Crippen LogP contribution in [0.5, 0.6) is 0 Å². The maximum absolute atomic E-state index is 10.8. The number of aromatic carboxylic acids is 2. The number of tetrazole rings is 1. The minimum absolute atomic E-state index is 0.0612. The van der Waals surface area contributed by atoms with Crippen LogP contribution in [0, 0.1) is 0 Å². The van der Waals surface area contributed by atoms with E-state index in [-0.39, 0.29) is 11.1 Å². The van der Waals surface area contributed by atoms with E-state index in [2.05, 4.69) is 45.8 Å². The highest BCUT2D eigenvalue weighted by Crippen LogP contribution is 2.17. The van der Waals surface area contributed by atoms with E-state index >= 15 is 0 Å². The molecule has 4 aromatic rings. The zero-order valence-electron chi connectivity index (χ0n) is 14.0. The van der Waals surface area contributed by atoms with Gasteiger partial charge in [0.25, 0.3) is 0 Å². The van der Waals surface area contributed by atoms with Crippen molar-refractivity contribution in [1.29, 1.82) is 0 Å². The molecule has 0 saturated heterocycles. The number of carboxylic acid groups (broad SMARTS) is 2. The van der Waals surface area contributed by atoms with Crippen LogP contribution in [0.15, 0.2) is 55.6 Å². The van der Waals surface area contributed by atoms with E-state index in [1.807, 2.05) is 0 Å². The number of carboxylic acids is 2. The maximum Gasteiger partial charge on any atom is 0.338 e. The first kappa shape index (κ1) is 19.8. The lowest BCUT2D eigenvalue weighted by Gasteiger charge is -1.99. The summed E-state index contributed by atoms with van der Waals surface area (Å²) in [5.74, 6) is -1.67. The largest absolute Gasteiger partial charge is 0.478 e. The van der Waals surface area contributed by atoms with E-state index in [4.69, 9.17) is 10.2 Å². The zero-order chi connectivity index (χ0) is 20.2. The van der Waals surface area contributed by atoms with Gasteiger partial charge in [-0.3, -0.25) is 9.97 Å². The Morgan fingerprint density at radius 2 is 1.57 bits per heavy atom. The van der Waals surface area contributed by atoms with Crippen LogP contribution in [0.2, 0.25) is 0 Å². The molecule has 13 heteroatoms. The number of rotatable bonds is 3. The first-order chi connectivity index (χ1) is 13.6. The number of nitrogens with zero attached hydrogens (tertiary/aromatic N) is 7. The van der Waals surface area contributed by atoms with Crippen molar-refractivity contribution in [2.24, 2.45) is 0 Å². The van der Waals surface area contributed by atoms with Crippen LogP contribution in [0.1, 0.15) is 20.7 Å². The van der Waals surface area contributed by atoms with E-state index in [0.29, 0.717) is 11.4 Å². The van der Waals surface area contributed by atoms with Gasteiger partial charge in [-0.05, 0) is 28.6 Å². The van der Waals surface area contributed by atoms with Gasteiger partial charge in [0, 0.05) is 30.4 Å². The molecule has 0 aromatic carbocycles. The van der Waals surface area contributed by atoms with Crippen LogP contribution >= 0.6 is 0 Å². The second-order valence-corrected chi connectivity index (χ2v) is 4.67. The lowest BCUT2D eigenvalue weighted by molar-refractivity contribution is 0.0686. The normalized spacial score (nSPS) is 9.29. The van der Waals surface area contributed by atoms with Crippen molar-refractivity contribution in [3.8, 4) is 11.4 Å². The number of carbonyl (C=O) groups is 2. The van der Waals surface area contributed by atoms with Gasteiger partial charge in [-0.15, -0.1) is 15.3 Å². The molecule has 4 N–H and O–H groups in total. The number of aromatic amines is 2. The Bertz CT molecular complexity index is 959. The molecule has 0 amide bonds. The second-order valence-electron chi connectivity index (χ2n) is 4.67. The molecule has 0 unspecified atom stereocenters. The smallest absolute Gasteiger partial charge is 0.338 e. The summed E-state index contributed by atoms with van der Waals surface area (Å²) in [6.45, 7) is 0. The summed E-state index contributed by atoms with van der Waals surface area (Å²) in [6.07, 6.45) is 8.65. The molecular weight excluding hydrogens is 370 g/mol. The predicted molar refractivity (Wildman–Crippen MR) is 91.9 cm³/mol. The minimum atomic E-state index is -1.07. The molecule has 13 nitrogen and oxygen atoms in total. The zero-order valence-corrected chi connectivity index (χ0v) is 14.0. The molecule has 4 heterocycles. The van der Waals surface area contributed by atoms with Crippen LogP contribution in [-0.2, 0) is 0 Å². The Hall–Kier alpha value is -4.55. The third-order valence-corrected chi connectivity index (χ3v) is 2.91. The summed E-state index contributed by atoms with van der Waals surface area (Å²) in [7, 11) is 0. The maximum atomic E-state index is 10.8. The van der Waals surface area contributed by atoms with Gasteiger partial charge in [-0.1, -0.05) is 0 Å². The highest BCUT2D eigenvalue weighted by atomic mass is 16.4. The van der Waals surface area contributed by atoms with Crippen molar-refractivity contribution in [2.45, 2.75) is 0 Å². The summed E-state index contributed by atoms with van der Waals surface area (Å²) in [5.41, 5.74) is 0.744. The minimum Gasteiger partial charge on any atom is -0.478 e. The first-order valence-corrected chi connectivity index (χ1v) is 7.43. The standard InChI is InChI=1S/C7H5N5O2.C6H5NO2.C2H3N3/c13-7(14)5-3-8-2-1-4(5)6-9-11-12-10-6;8-6(9)5-1-3-7-4-2-5;1-3-2-5-4-1/h1-3H,(H,13,14)(H,9,10,11,12);1-4H,(H,8,9);1-2H,(H,3,4,5). The molecule has 4 rings (SSSR count). The second kappa shape index (κ2) is 10.4. The predicted octanol–water partition coefficient (Wildman–Crippen LogP) is 0.544. The number of pyridine rings is 2. The fraction of sp³-hybridized carbons (Fsp3) is 0. The highest BCUT2D eigenvalue weighted by molar-refractivity contribution is 5.94. The lowest BCUT2D eigenvalue weighted by Crippen LogP contribution is -2.00. The fourth-order valence-electron chi connectivity index (χ4n) is 1.71.